The van der Waals surface area contributed by atoms with Gasteiger partial charge in [0.15, 0.2) is 0 Å². The van der Waals surface area contributed by atoms with Crippen LogP contribution in [-0.4, -0.2) is 39.4 Å². The summed E-state index contributed by atoms with van der Waals surface area (Å²) in [6.45, 7) is 1.72. The van der Waals surface area contributed by atoms with Gasteiger partial charge >= 0.3 is 0 Å². The maximum absolute atomic E-state index is 12.6. The van der Waals surface area contributed by atoms with Gasteiger partial charge < -0.3 is 14.8 Å². The van der Waals surface area contributed by atoms with Gasteiger partial charge in [0, 0.05) is 50.2 Å². The van der Waals surface area contributed by atoms with Crippen LogP contribution in [0.1, 0.15) is 36.4 Å². The number of carbonyl (C=O) groups excluding carboxylic acids is 2. The van der Waals surface area contributed by atoms with Crippen molar-refractivity contribution in [2.45, 2.75) is 31.7 Å². The van der Waals surface area contributed by atoms with Crippen molar-refractivity contribution >= 4 is 23.7 Å². The lowest BCUT2D eigenvalue weighted by molar-refractivity contribution is -0.125. The highest BCUT2D eigenvalue weighted by Crippen LogP contribution is 2.43. The largest absolute Gasteiger partial charge is 0.351 e. The number of aromatic nitrogens is 2. The first-order valence-corrected chi connectivity index (χ1v) is 10.0. The van der Waals surface area contributed by atoms with Gasteiger partial charge in [-0.1, -0.05) is 0 Å². The molecular formula is C22H24N4O2. The first-order valence-electron chi connectivity index (χ1n) is 10.0. The van der Waals surface area contributed by atoms with E-state index in [0.717, 1.165) is 37.1 Å². The Morgan fingerprint density at radius 3 is 2.64 bits per heavy atom. The van der Waals surface area contributed by atoms with Crippen LogP contribution in [0.25, 0.3) is 6.08 Å². The predicted octanol–water partition coefficient (Wildman–Crippen LogP) is 2.89. The average molecular weight is 376 g/mol. The molecule has 2 aliphatic heterocycles. The number of fused-ring (bicyclic) bond motifs is 2. The molecule has 5 rings (SSSR count). The van der Waals surface area contributed by atoms with Gasteiger partial charge in [0.25, 0.3) is 0 Å². The molecule has 1 aliphatic carbocycles. The third kappa shape index (κ3) is 3.23. The summed E-state index contributed by atoms with van der Waals surface area (Å²) in [5, 5.41) is 2.78. The van der Waals surface area contributed by atoms with Crippen LogP contribution >= 0.6 is 0 Å². The molecule has 0 radical (unpaired) electrons. The molecule has 0 aromatic carbocycles. The van der Waals surface area contributed by atoms with Gasteiger partial charge in [-0.05, 0) is 66.5 Å². The van der Waals surface area contributed by atoms with Crippen molar-refractivity contribution in [3.05, 3.63) is 54.0 Å². The number of likely N-dealkylation sites (tertiary alicyclic amines) is 1. The SMILES string of the molecule is O=C1CCc2cc(/C=C/C(=O)N3CC4CC(n5cccc5)C[C@H]4C3)cnc2N1. The fourth-order valence-electron chi connectivity index (χ4n) is 4.92. The third-order valence-electron chi connectivity index (χ3n) is 6.37. The molecule has 144 valence electrons. The molecule has 2 amide bonds. The zero-order valence-corrected chi connectivity index (χ0v) is 15.8. The summed E-state index contributed by atoms with van der Waals surface area (Å²) in [5.41, 5.74) is 1.93. The zero-order chi connectivity index (χ0) is 19.1. The number of pyridine rings is 1. The molecule has 2 unspecified atom stereocenters. The van der Waals surface area contributed by atoms with Crippen molar-refractivity contribution in [1.29, 1.82) is 0 Å². The van der Waals surface area contributed by atoms with Crippen molar-refractivity contribution in [2.75, 3.05) is 18.4 Å². The number of anilines is 1. The number of nitrogens with one attached hydrogen (secondary N) is 1. The molecule has 3 atom stereocenters. The van der Waals surface area contributed by atoms with Crippen molar-refractivity contribution in [2.24, 2.45) is 11.8 Å². The first kappa shape index (κ1) is 17.2. The summed E-state index contributed by atoms with van der Waals surface area (Å²) in [6, 6.07) is 6.75. The Morgan fingerprint density at radius 1 is 1.14 bits per heavy atom. The molecule has 6 heteroatoms. The molecule has 1 N–H and O–H groups in total. The van der Waals surface area contributed by atoms with Crippen LogP contribution in [0.3, 0.4) is 0 Å². The maximum atomic E-state index is 12.6. The standard InChI is InChI=1S/C22H24N4O2/c27-20-5-4-16-9-15(12-23-22(16)24-20)3-6-21(28)26-13-17-10-19(11-18(17)14-26)25-7-1-2-8-25/h1-3,6-9,12,17-19H,4-5,10-11,13-14H2,(H,23,24,27)/b6-3+/t17-,18?,19?/m0/s1. The quantitative estimate of drug-likeness (QED) is 0.838. The maximum Gasteiger partial charge on any atom is 0.246 e. The highest BCUT2D eigenvalue weighted by atomic mass is 16.2. The summed E-state index contributed by atoms with van der Waals surface area (Å²) in [4.78, 5) is 30.4. The van der Waals surface area contributed by atoms with Crippen LogP contribution in [-0.2, 0) is 16.0 Å². The summed E-state index contributed by atoms with van der Waals surface area (Å²) >= 11 is 0. The second-order valence-electron chi connectivity index (χ2n) is 8.18. The smallest absolute Gasteiger partial charge is 0.246 e. The van der Waals surface area contributed by atoms with Gasteiger partial charge in [-0.2, -0.15) is 0 Å². The second kappa shape index (κ2) is 6.93. The van der Waals surface area contributed by atoms with Crippen molar-refractivity contribution in [3.8, 4) is 0 Å². The summed E-state index contributed by atoms with van der Waals surface area (Å²) in [6.07, 6.45) is 13.0. The predicted molar refractivity (Wildman–Crippen MR) is 106 cm³/mol. The van der Waals surface area contributed by atoms with Gasteiger partial charge in [-0.25, -0.2) is 4.98 Å². The Labute approximate surface area is 164 Å². The lowest BCUT2D eigenvalue weighted by atomic mass is 10.0. The van der Waals surface area contributed by atoms with Crippen LogP contribution in [0.2, 0.25) is 0 Å². The molecule has 2 aromatic heterocycles. The minimum absolute atomic E-state index is 0.0112. The number of rotatable bonds is 3. The molecule has 2 aromatic rings. The summed E-state index contributed by atoms with van der Waals surface area (Å²) in [5.74, 6) is 1.96. The fourth-order valence-corrected chi connectivity index (χ4v) is 4.92. The Hall–Kier alpha value is -2.89. The molecule has 0 spiro atoms. The van der Waals surface area contributed by atoms with Crippen LogP contribution in [0.4, 0.5) is 5.82 Å². The highest BCUT2D eigenvalue weighted by Gasteiger charge is 2.42. The van der Waals surface area contributed by atoms with Crippen LogP contribution in [0.15, 0.2) is 42.9 Å². The summed E-state index contributed by atoms with van der Waals surface area (Å²) < 4.78 is 2.32. The normalized spacial score (nSPS) is 26.4. The number of carbonyl (C=O) groups is 2. The molecule has 0 bridgehead atoms. The van der Waals surface area contributed by atoms with E-state index in [9.17, 15) is 9.59 Å². The van der Waals surface area contributed by atoms with Crippen molar-refractivity contribution in [3.63, 3.8) is 0 Å². The topological polar surface area (TPSA) is 67.2 Å². The molecule has 28 heavy (non-hydrogen) atoms. The van der Waals surface area contributed by atoms with E-state index >= 15 is 0 Å². The Morgan fingerprint density at radius 2 is 1.89 bits per heavy atom. The molecule has 1 saturated carbocycles. The number of aryl methyl sites for hydroxylation is 1. The highest BCUT2D eigenvalue weighted by molar-refractivity contribution is 5.94. The molecular weight excluding hydrogens is 352 g/mol. The van der Waals surface area contributed by atoms with Crippen molar-refractivity contribution < 1.29 is 9.59 Å². The molecule has 6 nitrogen and oxygen atoms in total. The van der Waals surface area contributed by atoms with E-state index < -0.39 is 0 Å². The summed E-state index contributed by atoms with van der Waals surface area (Å²) in [7, 11) is 0. The average Bonchev–Trinajstić information content (AvgIpc) is 3.41. The number of hydrogen-bond donors (Lipinski definition) is 1. The molecule has 2 fully saturated rings. The van der Waals surface area contributed by atoms with E-state index in [0.29, 0.717) is 36.5 Å². The Bertz CT molecular complexity index is 920. The zero-order valence-electron chi connectivity index (χ0n) is 15.8. The van der Waals surface area contributed by atoms with Crippen LogP contribution < -0.4 is 5.32 Å². The molecule has 4 heterocycles. The number of hydrogen-bond acceptors (Lipinski definition) is 3. The minimum Gasteiger partial charge on any atom is -0.351 e. The van der Waals surface area contributed by atoms with E-state index in [-0.39, 0.29) is 11.8 Å². The van der Waals surface area contributed by atoms with Gasteiger partial charge in [0.1, 0.15) is 5.82 Å². The lowest BCUT2D eigenvalue weighted by Crippen LogP contribution is -2.28. The fraction of sp³-hybridized carbons (Fsp3) is 0.409. The van der Waals surface area contributed by atoms with E-state index in [1.54, 1.807) is 12.3 Å². The third-order valence-corrected chi connectivity index (χ3v) is 6.37. The second-order valence-corrected chi connectivity index (χ2v) is 8.18. The number of nitrogens with zero attached hydrogens (tertiary/aromatic N) is 3. The monoisotopic (exact) mass is 376 g/mol. The minimum atomic E-state index is 0.0112. The molecule has 1 saturated heterocycles. The van der Waals surface area contributed by atoms with Crippen LogP contribution in [0.5, 0.6) is 0 Å². The van der Waals surface area contributed by atoms with Gasteiger partial charge in [-0.15, -0.1) is 0 Å². The van der Waals surface area contributed by atoms with Gasteiger partial charge in [0.05, 0.1) is 0 Å². The Balaban J connectivity index is 1.20. The van der Waals surface area contributed by atoms with E-state index in [1.807, 2.05) is 17.0 Å². The van der Waals surface area contributed by atoms with Crippen molar-refractivity contribution in [1.82, 2.24) is 14.5 Å². The molecule has 3 aliphatic rings. The van der Waals surface area contributed by atoms with Gasteiger partial charge in [-0.3, -0.25) is 9.59 Å². The van der Waals surface area contributed by atoms with E-state index in [1.165, 1.54) is 0 Å². The van der Waals surface area contributed by atoms with E-state index in [2.05, 4.69) is 39.4 Å². The Kier molecular flexibility index (Phi) is 4.26. The van der Waals surface area contributed by atoms with E-state index in [4.69, 9.17) is 0 Å². The van der Waals surface area contributed by atoms with Crippen LogP contribution in [0, 0.1) is 11.8 Å². The van der Waals surface area contributed by atoms with Gasteiger partial charge in [0.2, 0.25) is 11.8 Å². The number of amides is 2. The lowest BCUT2D eigenvalue weighted by Gasteiger charge is -2.19. The first-order chi connectivity index (χ1) is 13.7.